The van der Waals surface area contributed by atoms with Crippen LogP contribution in [0.25, 0.3) is 10.9 Å². The molecule has 28 heavy (non-hydrogen) atoms. The van der Waals surface area contributed by atoms with Gasteiger partial charge in [-0.1, -0.05) is 41.9 Å². The molecule has 0 aliphatic heterocycles. The van der Waals surface area contributed by atoms with Gasteiger partial charge in [0.2, 0.25) is 0 Å². The van der Waals surface area contributed by atoms with E-state index in [9.17, 15) is 9.50 Å². The van der Waals surface area contributed by atoms with Crippen LogP contribution >= 0.6 is 11.6 Å². The topological polar surface area (TPSA) is 45.2 Å². The van der Waals surface area contributed by atoms with Crippen LogP contribution in [-0.2, 0) is 0 Å². The number of aryl methyl sites for hydroxylation is 1. The number of hydrogen-bond acceptors (Lipinski definition) is 3. The average Bonchev–Trinajstić information content (AvgIpc) is 2.69. The fraction of sp³-hybridized carbons (Fsp3) is 0.0870. The fourth-order valence-corrected chi connectivity index (χ4v) is 3.55. The van der Waals surface area contributed by atoms with Gasteiger partial charge in [0.05, 0.1) is 6.04 Å². The molecule has 140 valence electrons. The number of pyridine rings is 1. The Labute approximate surface area is 167 Å². The second-order valence-corrected chi connectivity index (χ2v) is 7.10. The third-order valence-electron chi connectivity index (χ3n) is 4.78. The number of benzene rings is 3. The van der Waals surface area contributed by atoms with Crippen LogP contribution in [0.1, 0.15) is 22.7 Å². The Kier molecular flexibility index (Phi) is 4.88. The molecule has 0 aliphatic carbocycles. The lowest BCUT2D eigenvalue weighted by Crippen LogP contribution is -2.13. The van der Waals surface area contributed by atoms with E-state index in [4.69, 9.17) is 11.6 Å². The Morgan fingerprint density at radius 3 is 2.57 bits per heavy atom. The van der Waals surface area contributed by atoms with Gasteiger partial charge >= 0.3 is 0 Å². The van der Waals surface area contributed by atoms with Gasteiger partial charge in [-0.3, -0.25) is 4.98 Å². The minimum atomic E-state index is -0.396. The number of hydrogen-bond donors (Lipinski definition) is 2. The zero-order valence-corrected chi connectivity index (χ0v) is 15.9. The van der Waals surface area contributed by atoms with Crippen molar-refractivity contribution in [1.29, 1.82) is 0 Å². The third-order valence-corrected chi connectivity index (χ3v) is 5.02. The monoisotopic (exact) mass is 392 g/mol. The number of phenolic OH excluding ortho intramolecular Hbond substituents is 1. The molecule has 0 amide bonds. The van der Waals surface area contributed by atoms with Gasteiger partial charge in [-0.05, 0) is 54.4 Å². The highest BCUT2D eigenvalue weighted by molar-refractivity contribution is 6.30. The molecule has 2 N–H and O–H groups in total. The molecule has 1 unspecified atom stereocenters. The summed E-state index contributed by atoms with van der Waals surface area (Å²) >= 11 is 6.08. The first-order chi connectivity index (χ1) is 13.5. The molecule has 0 spiro atoms. The molecule has 4 rings (SSSR count). The second kappa shape index (κ2) is 7.49. The summed E-state index contributed by atoms with van der Waals surface area (Å²) in [5.74, 6) is -0.207. The van der Waals surface area contributed by atoms with Crippen LogP contribution in [0.15, 0.2) is 72.9 Å². The number of aromatic hydroxyl groups is 1. The van der Waals surface area contributed by atoms with Crippen molar-refractivity contribution in [2.24, 2.45) is 0 Å². The van der Waals surface area contributed by atoms with Crippen molar-refractivity contribution in [2.45, 2.75) is 13.0 Å². The quantitative estimate of drug-likeness (QED) is 0.432. The number of nitrogens with zero attached hydrogens (tertiary/aromatic N) is 1. The molecule has 0 aliphatic rings. The van der Waals surface area contributed by atoms with E-state index in [1.807, 2.05) is 43.3 Å². The summed E-state index contributed by atoms with van der Waals surface area (Å²) in [4.78, 5) is 4.31. The molecule has 0 saturated heterocycles. The van der Waals surface area contributed by atoms with E-state index in [-0.39, 0.29) is 11.6 Å². The molecule has 1 heterocycles. The zero-order valence-electron chi connectivity index (χ0n) is 15.2. The lowest BCUT2D eigenvalue weighted by atomic mass is 9.95. The third kappa shape index (κ3) is 3.51. The summed E-state index contributed by atoms with van der Waals surface area (Å²) in [6.45, 7) is 1.96. The van der Waals surface area contributed by atoms with Crippen molar-refractivity contribution in [3.8, 4) is 5.75 Å². The molecular weight excluding hydrogens is 375 g/mol. The number of nitrogens with one attached hydrogen (secondary N) is 1. The summed E-state index contributed by atoms with van der Waals surface area (Å²) in [5, 5.41) is 15.9. The van der Waals surface area contributed by atoms with Crippen LogP contribution in [0.3, 0.4) is 0 Å². The van der Waals surface area contributed by atoms with E-state index in [0.717, 1.165) is 22.2 Å². The van der Waals surface area contributed by atoms with E-state index in [0.29, 0.717) is 16.1 Å². The predicted molar refractivity (Wildman–Crippen MR) is 111 cm³/mol. The first-order valence-corrected chi connectivity index (χ1v) is 9.25. The highest BCUT2D eigenvalue weighted by Gasteiger charge is 2.20. The molecule has 3 nitrogen and oxygen atoms in total. The maximum absolute atomic E-state index is 13.5. The Hall–Kier alpha value is -3.11. The van der Waals surface area contributed by atoms with Gasteiger partial charge in [0.1, 0.15) is 17.1 Å². The number of rotatable bonds is 4. The first-order valence-electron chi connectivity index (χ1n) is 8.87. The van der Waals surface area contributed by atoms with E-state index in [1.54, 1.807) is 24.4 Å². The Balaban J connectivity index is 1.85. The first kappa shape index (κ1) is 18.3. The molecule has 0 bridgehead atoms. The van der Waals surface area contributed by atoms with Gasteiger partial charge < -0.3 is 10.4 Å². The molecule has 0 radical (unpaired) electrons. The van der Waals surface area contributed by atoms with Crippen LogP contribution in [0, 0.1) is 12.7 Å². The number of anilines is 1. The van der Waals surface area contributed by atoms with Gasteiger partial charge in [0.25, 0.3) is 0 Å². The van der Waals surface area contributed by atoms with E-state index in [2.05, 4.69) is 10.3 Å². The van der Waals surface area contributed by atoms with Crippen LogP contribution in [0.5, 0.6) is 5.75 Å². The highest BCUT2D eigenvalue weighted by atomic mass is 35.5. The fourth-order valence-electron chi connectivity index (χ4n) is 3.32. The standard InChI is InChI=1S/C23H18ClFN2O/c1-14-13-17(24)7-11-20(14)27-21(16-4-8-18(25)9-5-16)19-10-6-15-3-2-12-26-22(15)23(19)28/h2-13,21,27-28H,1H3. The number of fused-ring (bicyclic) bond motifs is 1. The van der Waals surface area contributed by atoms with Gasteiger partial charge in [0.15, 0.2) is 0 Å². The van der Waals surface area contributed by atoms with E-state index in [1.165, 1.54) is 12.1 Å². The van der Waals surface area contributed by atoms with Crippen LogP contribution < -0.4 is 5.32 Å². The van der Waals surface area contributed by atoms with Gasteiger partial charge in [-0.2, -0.15) is 0 Å². The molecule has 0 saturated carbocycles. The summed E-state index contributed by atoms with van der Waals surface area (Å²) in [6.07, 6.45) is 1.65. The predicted octanol–water partition coefficient (Wildman–Crippen LogP) is 6.24. The van der Waals surface area contributed by atoms with Gasteiger partial charge in [0, 0.05) is 27.9 Å². The normalized spacial score (nSPS) is 12.1. The Morgan fingerprint density at radius 2 is 1.82 bits per heavy atom. The van der Waals surface area contributed by atoms with Crippen LogP contribution in [-0.4, -0.2) is 10.1 Å². The molecule has 1 aromatic heterocycles. The number of phenols is 1. The highest BCUT2D eigenvalue weighted by Crippen LogP contribution is 2.37. The summed E-state index contributed by atoms with van der Waals surface area (Å²) in [7, 11) is 0. The number of aromatic nitrogens is 1. The van der Waals surface area contributed by atoms with Gasteiger partial charge in [-0.25, -0.2) is 4.39 Å². The Morgan fingerprint density at radius 1 is 1.04 bits per heavy atom. The summed E-state index contributed by atoms with van der Waals surface area (Å²) in [6, 6.07) is 18.9. The van der Waals surface area contributed by atoms with Crippen molar-refractivity contribution in [2.75, 3.05) is 5.32 Å². The smallest absolute Gasteiger partial charge is 0.147 e. The van der Waals surface area contributed by atoms with E-state index >= 15 is 0 Å². The average molecular weight is 393 g/mol. The molecule has 0 fully saturated rings. The molecule has 3 aromatic carbocycles. The molecule has 4 aromatic rings. The maximum atomic E-state index is 13.5. The van der Waals surface area contributed by atoms with Crippen molar-refractivity contribution in [3.05, 3.63) is 100 Å². The molecule has 5 heteroatoms. The maximum Gasteiger partial charge on any atom is 0.147 e. The molecule has 1 atom stereocenters. The lowest BCUT2D eigenvalue weighted by Gasteiger charge is -2.23. The van der Waals surface area contributed by atoms with Crippen molar-refractivity contribution in [1.82, 2.24) is 4.98 Å². The summed E-state index contributed by atoms with van der Waals surface area (Å²) < 4.78 is 13.5. The van der Waals surface area contributed by atoms with Crippen molar-refractivity contribution >= 4 is 28.2 Å². The zero-order chi connectivity index (χ0) is 19.7. The second-order valence-electron chi connectivity index (χ2n) is 6.67. The van der Waals surface area contributed by atoms with Gasteiger partial charge in [-0.15, -0.1) is 0 Å². The van der Waals surface area contributed by atoms with Crippen molar-refractivity contribution < 1.29 is 9.50 Å². The number of halogens is 2. The van der Waals surface area contributed by atoms with E-state index < -0.39 is 6.04 Å². The van der Waals surface area contributed by atoms with Crippen molar-refractivity contribution in [3.63, 3.8) is 0 Å². The largest absolute Gasteiger partial charge is 0.505 e. The van der Waals surface area contributed by atoms with Crippen LogP contribution in [0.2, 0.25) is 5.02 Å². The lowest BCUT2D eigenvalue weighted by molar-refractivity contribution is 0.471. The minimum Gasteiger partial charge on any atom is -0.505 e. The molecular formula is C23H18ClFN2O. The van der Waals surface area contributed by atoms with Crippen LogP contribution in [0.4, 0.5) is 10.1 Å². The summed E-state index contributed by atoms with van der Waals surface area (Å²) in [5.41, 5.74) is 3.85. The Bertz CT molecular complexity index is 1150. The minimum absolute atomic E-state index is 0.103. The SMILES string of the molecule is Cc1cc(Cl)ccc1NC(c1ccc(F)cc1)c1ccc2cccnc2c1O.